The molecule has 0 spiro atoms. The lowest BCUT2D eigenvalue weighted by Crippen LogP contribution is -2.21. The summed E-state index contributed by atoms with van der Waals surface area (Å²) >= 11 is 3.32. The molecule has 1 saturated heterocycles. The minimum atomic E-state index is -3.59. The van der Waals surface area contributed by atoms with Crippen molar-refractivity contribution in [2.45, 2.75) is 29.7 Å². The maximum absolute atomic E-state index is 12.7. The summed E-state index contributed by atoms with van der Waals surface area (Å²) in [6.45, 7) is 0.580. The van der Waals surface area contributed by atoms with Crippen LogP contribution in [0.2, 0.25) is 5.82 Å². The predicted molar refractivity (Wildman–Crippen MR) is 164 cm³/mol. The minimum absolute atomic E-state index is 0.0560. The van der Waals surface area contributed by atoms with Crippen molar-refractivity contribution < 1.29 is 17.9 Å². The summed E-state index contributed by atoms with van der Waals surface area (Å²) in [5, 5.41) is 3.68. The fourth-order valence-electron chi connectivity index (χ4n) is 4.10. The van der Waals surface area contributed by atoms with E-state index in [4.69, 9.17) is 17.3 Å². The van der Waals surface area contributed by atoms with E-state index in [1.54, 1.807) is 24.3 Å². The van der Waals surface area contributed by atoms with E-state index in [1.807, 2.05) is 12.1 Å². The molecule has 0 N–H and O–H groups in total. The summed E-state index contributed by atoms with van der Waals surface area (Å²) in [6.07, 6.45) is 1.92. The van der Waals surface area contributed by atoms with E-state index < -0.39 is 15.8 Å². The second kappa shape index (κ2) is 11.6. The molecule has 6 atom stereocenters. The third-order valence-electron chi connectivity index (χ3n) is 5.87. The Balaban J connectivity index is 1.57. The molecule has 0 bridgehead atoms. The van der Waals surface area contributed by atoms with Crippen molar-refractivity contribution in [2.75, 3.05) is 12.5 Å². The number of hydrogen-bond acceptors (Lipinski definition) is 4. The first-order chi connectivity index (χ1) is 16.5. The van der Waals surface area contributed by atoms with Gasteiger partial charge in [-0.1, -0.05) is 28.2 Å². The zero-order valence-corrected chi connectivity index (χ0v) is 25.9. The van der Waals surface area contributed by atoms with E-state index in [0.29, 0.717) is 12.4 Å². The van der Waals surface area contributed by atoms with E-state index >= 15 is 0 Å². The van der Waals surface area contributed by atoms with Gasteiger partial charge in [-0.2, -0.15) is 0 Å². The summed E-state index contributed by atoms with van der Waals surface area (Å²) in [6, 6.07) is 14.8. The summed E-state index contributed by atoms with van der Waals surface area (Å²) < 4.78 is 38.0. The van der Waals surface area contributed by atoms with Crippen molar-refractivity contribution in [2.24, 2.45) is 0 Å². The summed E-state index contributed by atoms with van der Waals surface area (Å²) in [7, 11) is 13.4. The van der Waals surface area contributed by atoms with Crippen molar-refractivity contribution in [3.63, 3.8) is 0 Å². The van der Waals surface area contributed by atoms with Gasteiger partial charge >= 0.3 is 0 Å². The van der Waals surface area contributed by atoms with Gasteiger partial charge in [0.25, 0.3) is 0 Å². The van der Waals surface area contributed by atoms with E-state index in [1.165, 1.54) is 0 Å². The zero-order chi connectivity index (χ0) is 25.3. The first-order valence-electron chi connectivity index (χ1n) is 10.9. The second-order valence-electron chi connectivity index (χ2n) is 8.55. The molecule has 1 fully saturated rings. The Kier molecular flexibility index (Phi) is 9.15. The molecule has 0 aromatic heterocycles. The highest BCUT2D eigenvalue weighted by atomic mass is 79.9. The third-order valence-corrected chi connectivity index (χ3v) is 9.59. The number of rotatable bonds is 6. The molecule has 6 unspecified atom stereocenters. The Hall–Kier alpha value is -0.365. The van der Waals surface area contributed by atoms with Crippen LogP contribution in [0.1, 0.15) is 24.5 Å². The fraction of sp³-hybridized carbons (Fsp3) is 0.250. The van der Waals surface area contributed by atoms with Gasteiger partial charge in [0, 0.05) is 21.7 Å². The average Bonchev–Trinajstić information content (AvgIpc) is 2.79. The van der Waals surface area contributed by atoms with E-state index in [2.05, 4.69) is 65.0 Å². The van der Waals surface area contributed by atoms with Crippen molar-refractivity contribution in [1.29, 1.82) is 0 Å². The van der Waals surface area contributed by atoms with Gasteiger partial charge in [-0.25, -0.2) is 8.42 Å². The molecule has 11 heteroatoms. The quantitative estimate of drug-likeness (QED) is 0.310. The summed E-state index contributed by atoms with van der Waals surface area (Å²) in [5.41, 5.74) is 3.24. The van der Waals surface area contributed by atoms with Crippen LogP contribution in [0.5, 0.6) is 5.75 Å². The van der Waals surface area contributed by atoms with Gasteiger partial charge in [-0.15, -0.1) is 37.0 Å². The van der Waals surface area contributed by atoms with Gasteiger partial charge in [0.05, 0.1) is 18.8 Å². The van der Waals surface area contributed by atoms with E-state index in [9.17, 15) is 8.42 Å². The fourth-order valence-corrected chi connectivity index (χ4v) is 7.57. The summed E-state index contributed by atoms with van der Waals surface area (Å²) in [4.78, 5) is 0.220. The molecule has 0 amide bonds. The molecule has 3 aromatic carbocycles. The van der Waals surface area contributed by atoms with Gasteiger partial charge in [0.2, 0.25) is 9.84 Å². The zero-order valence-electron chi connectivity index (χ0n) is 18.9. The molecule has 4 rings (SSSR count). The lowest BCUT2D eigenvalue weighted by molar-refractivity contribution is 0.0157. The summed E-state index contributed by atoms with van der Waals surface area (Å²) in [5.74, 6) is 0.187. The van der Waals surface area contributed by atoms with Gasteiger partial charge in [-0.3, -0.25) is 0 Å². The molecule has 3 aromatic rings. The van der Waals surface area contributed by atoms with Gasteiger partial charge in [0.15, 0.2) is 5.94 Å². The van der Waals surface area contributed by atoms with Crippen LogP contribution in [0.4, 0.5) is 0 Å². The van der Waals surface area contributed by atoms with Crippen LogP contribution in [0.3, 0.4) is 0 Å². The van der Waals surface area contributed by atoms with Crippen molar-refractivity contribution >= 4 is 91.8 Å². The van der Waals surface area contributed by atoms with Crippen LogP contribution in [0, 0.1) is 0 Å². The topological polar surface area (TPSA) is 52.6 Å². The van der Waals surface area contributed by atoms with Crippen molar-refractivity contribution in [3.05, 3.63) is 58.6 Å². The molecule has 1 aliphatic heterocycles. The Bertz CT molecular complexity index is 1300. The Morgan fingerprint density at radius 3 is 2.09 bits per heavy atom. The monoisotopic (exact) mass is 624 g/mol. The third kappa shape index (κ3) is 6.56. The number of benzene rings is 3. The molecular weight excluding hydrogens is 599 g/mol. The number of sulfone groups is 1. The lowest BCUT2D eigenvalue weighted by atomic mass is 9.81. The Morgan fingerprint density at radius 1 is 0.943 bits per heavy atom. The normalized spacial score (nSPS) is 18.4. The maximum atomic E-state index is 12.7. The largest absolute Gasteiger partial charge is 0.476 e. The molecule has 2 radical (unpaired) electrons. The predicted octanol–water partition coefficient (Wildman–Crippen LogP) is 3.74. The highest BCUT2D eigenvalue weighted by molar-refractivity contribution is 9.10. The van der Waals surface area contributed by atoms with Crippen LogP contribution in [0.25, 0.3) is 11.1 Å². The van der Waals surface area contributed by atoms with Crippen LogP contribution in [-0.2, 0) is 14.6 Å². The minimum Gasteiger partial charge on any atom is -0.476 e. The van der Waals surface area contributed by atoms with Crippen LogP contribution < -0.4 is 26.0 Å². The molecule has 0 aliphatic carbocycles. The van der Waals surface area contributed by atoms with Gasteiger partial charge in [-0.05, 0) is 82.3 Å². The maximum Gasteiger partial charge on any atom is 0.213 e. The SMILES string of the molecule is [B]C1CCC(c2cc(P)c(-c3cc(P)c(OCS(=O)(=O)c4ccc(Br)cc4)c(P)c3)c(P)c2)OC1. The molecule has 35 heavy (non-hydrogen) atoms. The molecule has 1 aliphatic rings. The molecular formula is C24H26BBrO4P4S. The second-order valence-corrected chi connectivity index (χ2v) is 13.9. The smallest absolute Gasteiger partial charge is 0.213 e. The lowest BCUT2D eigenvalue weighted by Gasteiger charge is -2.28. The molecule has 4 nitrogen and oxygen atoms in total. The average molecular weight is 625 g/mol. The van der Waals surface area contributed by atoms with Gasteiger partial charge in [0.1, 0.15) is 5.75 Å². The van der Waals surface area contributed by atoms with E-state index in [0.717, 1.165) is 55.2 Å². The molecule has 0 saturated carbocycles. The highest BCUT2D eigenvalue weighted by Gasteiger charge is 2.22. The Morgan fingerprint density at radius 2 is 1.54 bits per heavy atom. The number of halogens is 1. The molecule has 182 valence electrons. The van der Waals surface area contributed by atoms with E-state index in [-0.39, 0.29) is 16.8 Å². The van der Waals surface area contributed by atoms with Crippen molar-refractivity contribution in [3.8, 4) is 16.9 Å². The van der Waals surface area contributed by atoms with Crippen LogP contribution in [-0.4, -0.2) is 28.8 Å². The highest BCUT2D eigenvalue weighted by Crippen LogP contribution is 2.33. The van der Waals surface area contributed by atoms with Crippen molar-refractivity contribution in [1.82, 2.24) is 0 Å². The van der Waals surface area contributed by atoms with Crippen LogP contribution >= 0.6 is 52.9 Å². The molecule has 1 heterocycles. The Labute approximate surface area is 226 Å². The number of hydrogen-bond donors (Lipinski definition) is 0. The van der Waals surface area contributed by atoms with Crippen LogP contribution in [0.15, 0.2) is 57.9 Å². The van der Waals surface area contributed by atoms with Gasteiger partial charge < -0.3 is 9.47 Å². The first-order valence-corrected chi connectivity index (χ1v) is 15.7. The number of ether oxygens (including phenoxy) is 2. The standard InChI is InChI=1S/C24H26BBrO4P4S/c25-15-1-6-18(29-11-15)13-7-19(31)23(20(32)8-13)14-9-21(33)24(22(34)10-14)30-12-35(27,28)17-4-2-16(26)3-5-17/h2-5,7-10,15,18H,1,6,11-12,31-34H2. The first kappa shape index (κ1) is 27.7.